The summed E-state index contributed by atoms with van der Waals surface area (Å²) >= 11 is 0. The number of Topliss-reactive ketones (excluding diaryl/α,β-unsaturated/α-hetero) is 1. The maximum atomic E-state index is 10.9. The molecule has 1 aromatic carbocycles. The fraction of sp³-hybridized carbons (Fsp3) is 0.200. The second kappa shape index (κ2) is 7.94. The molecule has 1 aromatic rings. The van der Waals surface area contributed by atoms with E-state index in [0.29, 0.717) is 5.56 Å². The molecule has 1 rings (SSSR count). The molecule has 4 nitrogen and oxygen atoms in total. The minimum Gasteiger partial charge on any atom is -0.411 e. The zero-order valence-electron chi connectivity index (χ0n) is 8.27. The molecule has 0 bridgehead atoms. The van der Waals surface area contributed by atoms with Crippen molar-refractivity contribution in [1.82, 2.24) is 5.32 Å². The van der Waals surface area contributed by atoms with Gasteiger partial charge in [-0.3, -0.25) is 4.79 Å². The van der Waals surface area contributed by atoms with E-state index in [1.807, 2.05) is 20.2 Å². The lowest BCUT2D eigenvalue weighted by Gasteiger charge is -1.90. The summed E-state index contributed by atoms with van der Waals surface area (Å²) in [4.78, 5) is 10.9. The summed E-state index contributed by atoms with van der Waals surface area (Å²) in [6.07, 6.45) is 0.870. The molecule has 0 unspecified atom stereocenters. The highest BCUT2D eigenvalue weighted by molar-refractivity contribution is 6.35. The van der Waals surface area contributed by atoms with Gasteiger partial charge in [-0.05, 0) is 14.1 Å². The second-order valence-corrected chi connectivity index (χ2v) is 2.47. The Hall–Kier alpha value is -1.68. The molecular weight excluding hydrogens is 180 g/mol. The van der Waals surface area contributed by atoms with E-state index in [1.165, 1.54) is 0 Å². The molecular formula is C10H14N2O2. The van der Waals surface area contributed by atoms with Crippen molar-refractivity contribution in [1.29, 1.82) is 0 Å². The zero-order chi connectivity index (χ0) is 10.8. The Morgan fingerprint density at radius 1 is 1.36 bits per heavy atom. The van der Waals surface area contributed by atoms with Crippen molar-refractivity contribution >= 4 is 12.0 Å². The van der Waals surface area contributed by atoms with Crippen LogP contribution in [-0.4, -0.2) is 31.3 Å². The molecule has 0 amide bonds. The van der Waals surface area contributed by atoms with Gasteiger partial charge in [-0.2, -0.15) is 0 Å². The van der Waals surface area contributed by atoms with Gasteiger partial charge >= 0.3 is 0 Å². The van der Waals surface area contributed by atoms with Crippen LogP contribution in [0.2, 0.25) is 0 Å². The van der Waals surface area contributed by atoms with E-state index in [0.717, 1.165) is 6.21 Å². The van der Waals surface area contributed by atoms with Crippen LogP contribution < -0.4 is 5.32 Å². The van der Waals surface area contributed by atoms with Crippen LogP contribution in [0, 0.1) is 0 Å². The molecule has 14 heavy (non-hydrogen) atoms. The SMILES string of the molecule is CNC.O=C(C=NO)c1ccccc1. The summed E-state index contributed by atoms with van der Waals surface area (Å²) in [5.74, 6) is -0.298. The van der Waals surface area contributed by atoms with Crippen LogP contribution in [0.3, 0.4) is 0 Å². The Morgan fingerprint density at radius 2 is 1.86 bits per heavy atom. The van der Waals surface area contributed by atoms with Crippen molar-refractivity contribution < 1.29 is 10.0 Å². The molecule has 0 radical (unpaired) electrons. The van der Waals surface area contributed by atoms with Crippen LogP contribution in [0.15, 0.2) is 35.5 Å². The van der Waals surface area contributed by atoms with Gasteiger partial charge in [0.25, 0.3) is 0 Å². The molecule has 0 aliphatic carbocycles. The van der Waals surface area contributed by atoms with E-state index in [4.69, 9.17) is 5.21 Å². The van der Waals surface area contributed by atoms with Gasteiger partial charge in [-0.1, -0.05) is 35.5 Å². The number of carbonyl (C=O) groups is 1. The average molecular weight is 194 g/mol. The lowest BCUT2D eigenvalue weighted by atomic mass is 10.1. The molecule has 0 spiro atoms. The van der Waals surface area contributed by atoms with Crippen molar-refractivity contribution in [2.75, 3.05) is 14.1 Å². The minimum absolute atomic E-state index is 0.298. The average Bonchev–Trinajstić information content (AvgIpc) is 2.21. The van der Waals surface area contributed by atoms with Gasteiger partial charge in [0.05, 0.1) is 0 Å². The van der Waals surface area contributed by atoms with Crippen LogP contribution in [0.4, 0.5) is 0 Å². The summed E-state index contributed by atoms with van der Waals surface area (Å²) in [6, 6.07) is 8.62. The van der Waals surface area contributed by atoms with E-state index in [2.05, 4.69) is 10.5 Å². The number of benzene rings is 1. The third-order valence-corrected chi connectivity index (χ3v) is 1.23. The topological polar surface area (TPSA) is 61.7 Å². The Balaban J connectivity index is 0.000000500. The number of hydrogen-bond donors (Lipinski definition) is 2. The molecule has 2 N–H and O–H groups in total. The molecule has 0 aromatic heterocycles. The fourth-order valence-electron chi connectivity index (χ4n) is 0.729. The number of ketones is 1. The molecule has 0 fully saturated rings. The lowest BCUT2D eigenvalue weighted by Crippen LogP contribution is -1.98. The summed E-state index contributed by atoms with van der Waals surface area (Å²) < 4.78 is 0. The highest BCUT2D eigenvalue weighted by Gasteiger charge is 1.98. The van der Waals surface area contributed by atoms with Gasteiger partial charge in [-0.15, -0.1) is 0 Å². The van der Waals surface area contributed by atoms with E-state index in [-0.39, 0.29) is 5.78 Å². The molecule has 0 heterocycles. The van der Waals surface area contributed by atoms with E-state index >= 15 is 0 Å². The quantitative estimate of drug-likeness (QED) is 0.321. The van der Waals surface area contributed by atoms with Gasteiger partial charge in [0.15, 0.2) is 0 Å². The molecule has 0 saturated heterocycles. The molecule has 0 atom stereocenters. The molecule has 0 saturated carbocycles. The first-order chi connectivity index (χ1) is 6.76. The highest BCUT2D eigenvalue weighted by Crippen LogP contribution is 1.97. The third-order valence-electron chi connectivity index (χ3n) is 1.23. The minimum atomic E-state index is -0.298. The number of nitrogens with zero attached hydrogens (tertiary/aromatic N) is 1. The van der Waals surface area contributed by atoms with Crippen molar-refractivity contribution in [2.24, 2.45) is 5.16 Å². The maximum Gasteiger partial charge on any atom is 0.207 e. The maximum absolute atomic E-state index is 10.9. The molecule has 76 valence electrons. The Morgan fingerprint density at radius 3 is 2.29 bits per heavy atom. The van der Waals surface area contributed by atoms with E-state index in [9.17, 15) is 4.79 Å². The van der Waals surface area contributed by atoms with Crippen LogP contribution in [0.25, 0.3) is 0 Å². The summed E-state index contributed by atoms with van der Waals surface area (Å²) in [6.45, 7) is 0. The molecule has 4 heteroatoms. The number of oxime groups is 1. The number of carbonyl (C=O) groups excluding carboxylic acids is 1. The van der Waals surface area contributed by atoms with Gasteiger partial charge < -0.3 is 10.5 Å². The fourth-order valence-corrected chi connectivity index (χ4v) is 0.729. The monoisotopic (exact) mass is 194 g/mol. The Labute approximate surface area is 83.3 Å². The number of rotatable bonds is 2. The van der Waals surface area contributed by atoms with Crippen LogP contribution >= 0.6 is 0 Å². The standard InChI is InChI=1S/C8H7NO2.C2H7N/c10-8(6-9-11)7-4-2-1-3-5-7;1-3-2/h1-6,11H;3H,1-2H3. The zero-order valence-corrected chi connectivity index (χ0v) is 8.27. The Kier molecular flexibility index (Phi) is 6.99. The smallest absolute Gasteiger partial charge is 0.207 e. The molecule has 0 aliphatic rings. The Bertz CT molecular complexity index is 283. The van der Waals surface area contributed by atoms with Crippen LogP contribution in [-0.2, 0) is 0 Å². The van der Waals surface area contributed by atoms with Gasteiger partial charge in [0, 0.05) is 5.56 Å². The third kappa shape index (κ3) is 5.05. The van der Waals surface area contributed by atoms with Crippen molar-refractivity contribution in [3.05, 3.63) is 35.9 Å². The van der Waals surface area contributed by atoms with E-state index < -0.39 is 0 Å². The first-order valence-electron chi connectivity index (χ1n) is 4.11. The summed E-state index contributed by atoms with van der Waals surface area (Å²) in [5.41, 5.74) is 0.519. The number of hydrogen-bond acceptors (Lipinski definition) is 4. The first kappa shape index (κ1) is 12.3. The summed E-state index contributed by atoms with van der Waals surface area (Å²) in [5, 5.41) is 13.4. The normalized spacial score (nSPS) is 9.29. The van der Waals surface area contributed by atoms with Crippen LogP contribution in [0.5, 0.6) is 0 Å². The van der Waals surface area contributed by atoms with Crippen LogP contribution in [0.1, 0.15) is 10.4 Å². The van der Waals surface area contributed by atoms with Gasteiger partial charge in [0.1, 0.15) is 6.21 Å². The van der Waals surface area contributed by atoms with Crippen molar-refractivity contribution in [3.8, 4) is 0 Å². The predicted octanol–water partition coefficient (Wildman–Crippen LogP) is 1.16. The summed E-state index contributed by atoms with van der Waals surface area (Å²) in [7, 11) is 3.75. The second-order valence-electron chi connectivity index (χ2n) is 2.47. The number of nitrogens with one attached hydrogen (secondary N) is 1. The lowest BCUT2D eigenvalue weighted by molar-refractivity contribution is 0.106. The van der Waals surface area contributed by atoms with Crippen molar-refractivity contribution in [3.63, 3.8) is 0 Å². The highest BCUT2D eigenvalue weighted by atomic mass is 16.4. The van der Waals surface area contributed by atoms with Gasteiger partial charge in [-0.25, -0.2) is 0 Å². The largest absolute Gasteiger partial charge is 0.411 e. The molecule has 0 aliphatic heterocycles. The van der Waals surface area contributed by atoms with E-state index in [1.54, 1.807) is 24.3 Å². The first-order valence-corrected chi connectivity index (χ1v) is 4.11. The van der Waals surface area contributed by atoms with Gasteiger partial charge in [0.2, 0.25) is 5.78 Å². The predicted molar refractivity (Wildman–Crippen MR) is 56.0 cm³/mol. The van der Waals surface area contributed by atoms with Crippen molar-refractivity contribution in [2.45, 2.75) is 0 Å².